The molecule has 2 heterocycles. The van der Waals surface area contributed by atoms with Crippen molar-refractivity contribution in [3.05, 3.63) is 35.6 Å². The molecule has 0 saturated heterocycles. The van der Waals surface area contributed by atoms with Crippen LogP contribution < -0.4 is 5.32 Å². The average molecular weight is 224 g/mol. The second-order valence-corrected chi connectivity index (χ2v) is 3.01. The van der Waals surface area contributed by atoms with Crippen LogP contribution in [0.4, 0.5) is 5.95 Å². The summed E-state index contributed by atoms with van der Waals surface area (Å²) in [5.74, 6) is -0.0678. The van der Waals surface area contributed by atoms with E-state index in [-0.39, 0.29) is 10.8 Å². The lowest BCUT2D eigenvalue weighted by atomic mass is 10.4. The Bertz CT molecular complexity index is 470. The van der Waals surface area contributed by atoms with E-state index in [1.807, 2.05) is 0 Å². The van der Waals surface area contributed by atoms with Gasteiger partial charge >= 0.3 is 0 Å². The highest BCUT2D eigenvalue weighted by Gasteiger charge is 2.09. The Kier molecular flexibility index (Phi) is 2.59. The third kappa shape index (κ3) is 2.29. The number of aromatic amines is 1. The Labute approximate surface area is 89.7 Å². The fraction of sp³-hybridized carbons (Fsp3) is 0. The normalized spacial score (nSPS) is 9.93. The number of H-pyrrole nitrogens is 1. The molecule has 0 atom stereocenters. The minimum Gasteiger partial charge on any atom is -0.331 e. The van der Waals surface area contributed by atoms with Crippen molar-refractivity contribution >= 4 is 23.5 Å². The summed E-state index contributed by atoms with van der Waals surface area (Å²) in [6.07, 6.45) is 5.80. The number of hydrogen-bond acceptors (Lipinski definition) is 4. The van der Waals surface area contributed by atoms with Crippen molar-refractivity contribution in [2.75, 3.05) is 5.32 Å². The minimum absolute atomic E-state index is 0.138. The van der Waals surface area contributed by atoms with Crippen LogP contribution in [0.15, 0.2) is 24.8 Å². The predicted molar refractivity (Wildman–Crippen MR) is 53.6 cm³/mol. The van der Waals surface area contributed by atoms with Crippen LogP contribution in [0.25, 0.3) is 0 Å². The molecule has 0 radical (unpaired) electrons. The summed E-state index contributed by atoms with van der Waals surface area (Å²) in [6.45, 7) is 0. The van der Waals surface area contributed by atoms with Gasteiger partial charge in [0.05, 0.1) is 12.4 Å². The van der Waals surface area contributed by atoms with Gasteiger partial charge < -0.3 is 4.98 Å². The molecule has 0 aliphatic carbocycles. The highest BCUT2D eigenvalue weighted by Crippen LogP contribution is 2.04. The number of amides is 1. The van der Waals surface area contributed by atoms with Crippen molar-refractivity contribution in [3.63, 3.8) is 0 Å². The number of nitrogens with one attached hydrogen (secondary N) is 2. The summed E-state index contributed by atoms with van der Waals surface area (Å²) in [5.41, 5.74) is 0.138. The van der Waals surface area contributed by atoms with E-state index in [9.17, 15) is 4.79 Å². The predicted octanol–water partition coefficient (Wildman–Crippen LogP) is 1.11. The first kappa shape index (κ1) is 9.60. The third-order valence-corrected chi connectivity index (χ3v) is 1.75. The number of imidazole rings is 1. The van der Waals surface area contributed by atoms with Gasteiger partial charge in [0.2, 0.25) is 5.95 Å². The van der Waals surface area contributed by atoms with Gasteiger partial charge in [-0.2, -0.15) is 0 Å². The summed E-state index contributed by atoms with van der Waals surface area (Å²) >= 11 is 5.59. The molecule has 0 aliphatic heterocycles. The number of hydrogen-bond donors (Lipinski definition) is 2. The van der Waals surface area contributed by atoms with Gasteiger partial charge in [0.15, 0.2) is 0 Å². The molecule has 15 heavy (non-hydrogen) atoms. The zero-order valence-corrected chi connectivity index (χ0v) is 8.19. The van der Waals surface area contributed by atoms with E-state index in [1.165, 1.54) is 18.6 Å². The highest BCUT2D eigenvalue weighted by atomic mass is 35.5. The second-order valence-electron chi connectivity index (χ2n) is 2.62. The molecule has 76 valence electrons. The van der Waals surface area contributed by atoms with Crippen LogP contribution in [0.1, 0.15) is 10.5 Å². The number of rotatable bonds is 2. The maximum Gasteiger partial charge on any atom is 0.278 e. The van der Waals surface area contributed by atoms with Gasteiger partial charge in [-0.1, -0.05) is 11.6 Å². The van der Waals surface area contributed by atoms with Gasteiger partial charge in [0.1, 0.15) is 10.8 Å². The first-order valence-electron chi connectivity index (χ1n) is 4.04. The quantitative estimate of drug-likeness (QED) is 0.799. The largest absolute Gasteiger partial charge is 0.331 e. The van der Waals surface area contributed by atoms with E-state index in [4.69, 9.17) is 11.6 Å². The van der Waals surface area contributed by atoms with Crippen LogP contribution in [0, 0.1) is 0 Å². The van der Waals surface area contributed by atoms with Gasteiger partial charge in [0.25, 0.3) is 5.91 Å². The Morgan fingerprint density at radius 2 is 2.33 bits per heavy atom. The molecule has 0 unspecified atom stereocenters. The minimum atomic E-state index is -0.417. The van der Waals surface area contributed by atoms with Crippen molar-refractivity contribution in [3.8, 4) is 0 Å². The molecule has 1 amide bonds. The van der Waals surface area contributed by atoms with Crippen LogP contribution in [0.3, 0.4) is 0 Å². The monoisotopic (exact) mass is 223 g/mol. The molecule has 0 aromatic carbocycles. The molecular formula is C8H6ClN5O. The molecule has 2 N–H and O–H groups in total. The molecule has 2 aromatic heterocycles. The lowest BCUT2D eigenvalue weighted by Crippen LogP contribution is -2.14. The van der Waals surface area contributed by atoms with Crippen molar-refractivity contribution in [1.82, 2.24) is 19.9 Å². The number of carbonyl (C=O) groups is 1. The molecule has 2 rings (SSSR count). The summed E-state index contributed by atoms with van der Waals surface area (Å²) in [7, 11) is 0. The fourth-order valence-electron chi connectivity index (χ4n) is 0.957. The maximum atomic E-state index is 11.5. The lowest BCUT2D eigenvalue weighted by Gasteiger charge is -2.00. The van der Waals surface area contributed by atoms with Crippen molar-refractivity contribution in [2.24, 2.45) is 0 Å². The Morgan fingerprint density at radius 1 is 1.47 bits per heavy atom. The van der Waals surface area contributed by atoms with E-state index in [2.05, 4.69) is 25.3 Å². The Hall–Kier alpha value is -1.95. The van der Waals surface area contributed by atoms with Crippen LogP contribution in [0.5, 0.6) is 0 Å². The molecule has 0 saturated carbocycles. The van der Waals surface area contributed by atoms with E-state index in [0.29, 0.717) is 5.95 Å². The molecule has 0 fully saturated rings. The number of aromatic nitrogens is 4. The molecule has 0 bridgehead atoms. The molecule has 0 aliphatic rings. The van der Waals surface area contributed by atoms with Gasteiger partial charge in [0, 0.05) is 12.4 Å². The maximum absolute atomic E-state index is 11.5. The molecule has 0 spiro atoms. The molecular weight excluding hydrogens is 218 g/mol. The highest BCUT2D eigenvalue weighted by molar-refractivity contribution is 6.29. The molecule has 6 nitrogen and oxygen atoms in total. The van der Waals surface area contributed by atoms with Crippen LogP contribution in [0.2, 0.25) is 5.15 Å². The van der Waals surface area contributed by atoms with Gasteiger partial charge in [-0.05, 0) is 0 Å². The van der Waals surface area contributed by atoms with Crippen molar-refractivity contribution in [2.45, 2.75) is 0 Å². The zero-order valence-electron chi connectivity index (χ0n) is 7.44. The van der Waals surface area contributed by atoms with Crippen molar-refractivity contribution < 1.29 is 4.79 Å². The van der Waals surface area contributed by atoms with Crippen LogP contribution in [-0.4, -0.2) is 25.8 Å². The molecule has 7 heteroatoms. The first-order chi connectivity index (χ1) is 7.25. The third-order valence-electron chi connectivity index (χ3n) is 1.57. The average Bonchev–Trinajstić information content (AvgIpc) is 2.70. The van der Waals surface area contributed by atoms with Gasteiger partial charge in [-0.3, -0.25) is 15.1 Å². The van der Waals surface area contributed by atoms with Gasteiger partial charge in [-0.15, -0.1) is 0 Å². The fourth-order valence-corrected chi connectivity index (χ4v) is 1.10. The van der Waals surface area contributed by atoms with Crippen LogP contribution in [-0.2, 0) is 0 Å². The van der Waals surface area contributed by atoms with Crippen molar-refractivity contribution in [1.29, 1.82) is 0 Å². The summed E-state index contributed by atoms with van der Waals surface area (Å²) in [4.78, 5) is 25.6. The Morgan fingerprint density at radius 3 is 3.00 bits per heavy atom. The number of halogens is 1. The lowest BCUT2D eigenvalue weighted by molar-refractivity contribution is 0.102. The van der Waals surface area contributed by atoms with E-state index >= 15 is 0 Å². The topological polar surface area (TPSA) is 83.6 Å². The zero-order chi connectivity index (χ0) is 10.7. The number of carbonyl (C=O) groups excluding carboxylic acids is 1. The number of anilines is 1. The number of nitrogens with zero attached hydrogens (tertiary/aromatic N) is 3. The SMILES string of the molecule is O=C(Nc1ncc[nH]1)c1cncc(Cl)n1. The summed E-state index contributed by atoms with van der Waals surface area (Å²) < 4.78 is 0. The first-order valence-corrected chi connectivity index (χ1v) is 4.42. The van der Waals surface area contributed by atoms with Gasteiger partial charge in [-0.25, -0.2) is 9.97 Å². The standard InChI is InChI=1S/C8H6ClN5O/c9-6-4-10-3-5(13-6)7(15)14-8-11-1-2-12-8/h1-4H,(H2,11,12,14,15). The van der Waals surface area contributed by atoms with Crippen LogP contribution >= 0.6 is 11.6 Å². The molecule has 2 aromatic rings. The van der Waals surface area contributed by atoms with E-state index < -0.39 is 5.91 Å². The second kappa shape index (κ2) is 4.05. The van der Waals surface area contributed by atoms with E-state index in [0.717, 1.165) is 0 Å². The summed E-state index contributed by atoms with van der Waals surface area (Å²) in [5, 5.41) is 2.67. The smallest absolute Gasteiger partial charge is 0.278 e. The van der Waals surface area contributed by atoms with E-state index in [1.54, 1.807) is 6.20 Å². The summed E-state index contributed by atoms with van der Waals surface area (Å²) in [6, 6.07) is 0. The Balaban J connectivity index is 2.15.